The fraction of sp³-hybridized carbons (Fsp3) is 0.677. The number of guanidine groups is 1. The molecule has 3 fully saturated rings. The number of benzene rings is 1. The van der Waals surface area contributed by atoms with Gasteiger partial charge in [0, 0.05) is 13.1 Å². The van der Waals surface area contributed by atoms with Crippen molar-refractivity contribution in [1.82, 2.24) is 20.4 Å². The number of nitrogens with zero attached hydrogens (tertiary/aromatic N) is 4. The summed E-state index contributed by atoms with van der Waals surface area (Å²) in [6.45, 7) is 7.44. The van der Waals surface area contributed by atoms with Crippen molar-refractivity contribution in [2.24, 2.45) is 10.9 Å². The lowest BCUT2D eigenvalue weighted by molar-refractivity contribution is -0.141. The van der Waals surface area contributed by atoms with E-state index in [-0.39, 0.29) is 18.6 Å². The van der Waals surface area contributed by atoms with E-state index in [1.54, 1.807) is 6.92 Å². The summed E-state index contributed by atoms with van der Waals surface area (Å²) in [5, 5.41) is 16.8. The first-order valence-corrected chi connectivity index (χ1v) is 15.3. The minimum Gasteiger partial charge on any atom is -0.450 e. The van der Waals surface area contributed by atoms with Crippen LogP contribution in [0.4, 0.5) is 4.79 Å². The molecule has 1 aromatic carbocycles. The highest BCUT2D eigenvalue weighted by atomic mass is 16.5. The molecule has 4 rings (SSSR count). The van der Waals surface area contributed by atoms with Crippen LogP contribution in [0.25, 0.3) is 0 Å². The highest BCUT2D eigenvalue weighted by Crippen LogP contribution is 2.37. The van der Waals surface area contributed by atoms with Crippen molar-refractivity contribution < 1.29 is 19.1 Å². The lowest BCUT2D eigenvalue weighted by Gasteiger charge is -2.46. The van der Waals surface area contributed by atoms with Crippen molar-refractivity contribution in [2.75, 3.05) is 46.0 Å². The third-order valence-corrected chi connectivity index (χ3v) is 8.65. The summed E-state index contributed by atoms with van der Waals surface area (Å²) in [4.78, 5) is 36.3. The molecule has 2 aliphatic heterocycles. The van der Waals surface area contributed by atoms with Crippen molar-refractivity contribution in [3.8, 4) is 6.07 Å². The molecular weight excluding hydrogens is 520 g/mol. The molecule has 41 heavy (non-hydrogen) atoms. The van der Waals surface area contributed by atoms with Gasteiger partial charge in [-0.15, -0.1) is 0 Å². The number of morpholine rings is 1. The van der Waals surface area contributed by atoms with E-state index in [4.69, 9.17) is 14.5 Å². The van der Waals surface area contributed by atoms with Gasteiger partial charge in [0.15, 0.2) is 0 Å². The van der Waals surface area contributed by atoms with Gasteiger partial charge in [0.1, 0.15) is 11.6 Å². The zero-order chi connectivity index (χ0) is 29.1. The Labute approximate surface area is 244 Å². The number of carbonyl (C=O) groups is 2. The lowest BCUT2D eigenvalue weighted by atomic mass is 9.82. The van der Waals surface area contributed by atoms with Crippen molar-refractivity contribution in [3.05, 3.63) is 35.9 Å². The summed E-state index contributed by atoms with van der Waals surface area (Å²) in [6, 6.07) is 11.4. The number of hydrogen-bond donors (Lipinski definition) is 2. The van der Waals surface area contributed by atoms with Crippen LogP contribution in [0.5, 0.6) is 0 Å². The van der Waals surface area contributed by atoms with Crippen LogP contribution < -0.4 is 10.6 Å². The van der Waals surface area contributed by atoms with E-state index in [1.807, 2.05) is 47.1 Å². The molecular formula is C31H46N6O4. The van der Waals surface area contributed by atoms with E-state index in [1.165, 1.54) is 6.42 Å². The molecule has 2 atom stereocenters. The van der Waals surface area contributed by atoms with Crippen molar-refractivity contribution in [3.63, 3.8) is 0 Å². The van der Waals surface area contributed by atoms with Crippen LogP contribution in [0.1, 0.15) is 76.8 Å². The maximum atomic E-state index is 14.9. The number of nitriles is 1. The lowest BCUT2D eigenvalue weighted by Crippen LogP contribution is -2.59. The Bertz CT molecular complexity index is 1060. The van der Waals surface area contributed by atoms with Crippen LogP contribution in [0.2, 0.25) is 0 Å². The number of aliphatic imine (C=N–C) groups is 1. The third-order valence-electron chi connectivity index (χ3n) is 8.65. The minimum atomic E-state index is -0.953. The molecule has 0 bridgehead atoms. The largest absolute Gasteiger partial charge is 0.450 e. The summed E-state index contributed by atoms with van der Waals surface area (Å²) in [5.74, 6) is 0.534. The zero-order valence-corrected chi connectivity index (χ0v) is 24.6. The number of carbonyl (C=O) groups excluding carboxylic acids is 2. The Morgan fingerprint density at radius 1 is 1.20 bits per heavy atom. The number of ether oxygens (including phenoxy) is 2. The zero-order valence-electron chi connectivity index (χ0n) is 24.6. The molecule has 10 nitrogen and oxygen atoms in total. The molecule has 0 radical (unpaired) electrons. The maximum Gasteiger partial charge on any atom is 0.413 e. The predicted molar refractivity (Wildman–Crippen MR) is 157 cm³/mol. The Hall–Kier alpha value is -3.16. The molecule has 0 spiro atoms. The molecule has 2 unspecified atom stereocenters. The predicted octanol–water partition coefficient (Wildman–Crippen LogP) is 4.00. The van der Waals surface area contributed by atoms with E-state index < -0.39 is 17.7 Å². The minimum absolute atomic E-state index is 0.160. The van der Waals surface area contributed by atoms with Crippen LogP contribution in [-0.4, -0.2) is 85.3 Å². The topological polar surface area (TPSA) is 119 Å². The summed E-state index contributed by atoms with van der Waals surface area (Å²) in [7, 11) is 0. The van der Waals surface area contributed by atoms with Gasteiger partial charge in [-0.2, -0.15) is 5.26 Å². The third kappa shape index (κ3) is 7.98. The molecule has 1 aliphatic carbocycles. The SMILES string of the molecule is CCOC(=O)NC(=NC(CC1CCCCC1)C(=O)N(C(C)c1ccccc1)C1(C#N)CCNCC1)N1CCOCC1. The average molecular weight is 567 g/mol. The Kier molecular flexibility index (Phi) is 11.4. The summed E-state index contributed by atoms with van der Waals surface area (Å²) >= 11 is 0. The average Bonchev–Trinajstić information content (AvgIpc) is 3.02. The van der Waals surface area contributed by atoms with Gasteiger partial charge in [0.2, 0.25) is 11.9 Å². The fourth-order valence-corrected chi connectivity index (χ4v) is 6.38. The van der Waals surface area contributed by atoms with Crippen molar-refractivity contribution in [2.45, 2.75) is 82.8 Å². The first-order chi connectivity index (χ1) is 20.0. The van der Waals surface area contributed by atoms with Crippen LogP contribution in [0.15, 0.2) is 35.3 Å². The van der Waals surface area contributed by atoms with Crippen molar-refractivity contribution in [1.29, 1.82) is 5.26 Å². The summed E-state index contributed by atoms with van der Waals surface area (Å²) < 4.78 is 10.7. The molecule has 10 heteroatoms. The standard InChI is InChI=1S/C31H46N6O4/c1-3-41-30(39)35-29(36-18-20-40-21-19-36)34-27(22-25-10-6-4-7-11-25)28(38)37(24(2)26-12-8-5-9-13-26)31(23-32)14-16-33-17-15-31/h5,8-9,12-13,24-25,27,33H,3-4,6-7,10-11,14-22H2,1-2H3,(H,34,35,39). The second-order valence-corrected chi connectivity index (χ2v) is 11.3. The van der Waals surface area contributed by atoms with E-state index in [9.17, 15) is 14.9 Å². The van der Waals surface area contributed by atoms with Crippen LogP contribution in [-0.2, 0) is 14.3 Å². The molecule has 1 saturated carbocycles. The normalized spacial score (nSPS) is 21.3. The first-order valence-electron chi connectivity index (χ1n) is 15.3. The van der Waals surface area contributed by atoms with Gasteiger partial charge in [0.05, 0.1) is 31.9 Å². The second-order valence-electron chi connectivity index (χ2n) is 11.3. The van der Waals surface area contributed by atoms with Gasteiger partial charge in [-0.05, 0) is 57.7 Å². The summed E-state index contributed by atoms with van der Waals surface area (Å²) in [6.07, 6.45) is 6.68. The molecule has 3 aliphatic rings. The smallest absolute Gasteiger partial charge is 0.413 e. The first kappa shape index (κ1) is 30.8. The summed E-state index contributed by atoms with van der Waals surface area (Å²) in [5.41, 5.74) is 0.0264. The molecule has 2 saturated heterocycles. The van der Waals surface area contributed by atoms with Gasteiger partial charge in [-0.3, -0.25) is 10.1 Å². The molecule has 1 aromatic rings. The monoisotopic (exact) mass is 566 g/mol. The highest BCUT2D eigenvalue weighted by Gasteiger charge is 2.46. The van der Waals surface area contributed by atoms with Gasteiger partial charge in [-0.1, -0.05) is 62.4 Å². The molecule has 2 amide bonds. The number of amides is 2. The highest BCUT2D eigenvalue weighted by molar-refractivity contribution is 5.96. The van der Waals surface area contributed by atoms with E-state index in [0.29, 0.717) is 70.5 Å². The Morgan fingerprint density at radius 2 is 1.88 bits per heavy atom. The van der Waals surface area contributed by atoms with Gasteiger partial charge in [0.25, 0.3) is 0 Å². The van der Waals surface area contributed by atoms with Crippen LogP contribution >= 0.6 is 0 Å². The maximum absolute atomic E-state index is 14.9. The van der Waals surface area contributed by atoms with Crippen LogP contribution in [0.3, 0.4) is 0 Å². The second kappa shape index (κ2) is 15.2. The van der Waals surface area contributed by atoms with Gasteiger partial charge in [-0.25, -0.2) is 9.79 Å². The Balaban J connectivity index is 1.76. The van der Waals surface area contributed by atoms with Crippen molar-refractivity contribution >= 4 is 18.0 Å². The number of piperidine rings is 1. The number of hydrogen-bond acceptors (Lipinski definition) is 7. The fourth-order valence-electron chi connectivity index (χ4n) is 6.38. The number of nitrogens with one attached hydrogen (secondary N) is 2. The van der Waals surface area contributed by atoms with E-state index in [0.717, 1.165) is 31.2 Å². The Morgan fingerprint density at radius 3 is 2.51 bits per heavy atom. The molecule has 2 heterocycles. The number of rotatable bonds is 8. The molecule has 2 N–H and O–H groups in total. The van der Waals surface area contributed by atoms with E-state index >= 15 is 0 Å². The quantitative estimate of drug-likeness (QED) is 0.361. The number of alkyl carbamates (subject to hydrolysis) is 1. The van der Waals surface area contributed by atoms with Gasteiger partial charge < -0.3 is 24.6 Å². The molecule has 224 valence electrons. The van der Waals surface area contributed by atoms with Crippen LogP contribution in [0, 0.1) is 17.2 Å². The van der Waals surface area contributed by atoms with E-state index in [2.05, 4.69) is 16.7 Å². The molecule has 0 aromatic heterocycles. The van der Waals surface area contributed by atoms with Gasteiger partial charge >= 0.3 is 6.09 Å².